The SMILES string of the molecule is CC(C)OCCCN1CCN(C(C)C)CC1. The molecule has 1 aliphatic heterocycles. The summed E-state index contributed by atoms with van der Waals surface area (Å²) in [5.41, 5.74) is 0. The Balaban J connectivity index is 2.04. The lowest BCUT2D eigenvalue weighted by molar-refractivity contribution is 0.0605. The maximum Gasteiger partial charge on any atom is 0.0518 e. The minimum Gasteiger partial charge on any atom is -0.379 e. The first kappa shape index (κ1) is 13.9. The van der Waals surface area contributed by atoms with Crippen molar-refractivity contribution in [2.75, 3.05) is 39.3 Å². The number of rotatable bonds is 6. The summed E-state index contributed by atoms with van der Waals surface area (Å²) in [6, 6.07) is 0.700. The second-order valence-electron chi connectivity index (χ2n) is 5.24. The van der Waals surface area contributed by atoms with Crippen LogP contribution >= 0.6 is 0 Å². The van der Waals surface area contributed by atoms with Crippen molar-refractivity contribution in [1.29, 1.82) is 0 Å². The minimum absolute atomic E-state index is 0.373. The van der Waals surface area contributed by atoms with Gasteiger partial charge in [-0.2, -0.15) is 0 Å². The van der Waals surface area contributed by atoms with E-state index < -0.39 is 0 Å². The molecule has 0 N–H and O–H groups in total. The third-order valence-corrected chi connectivity index (χ3v) is 3.21. The van der Waals surface area contributed by atoms with Crippen molar-refractivity contribution in [2.45, 2.75) is 46.3 Å². The molecule has 0 aromatic heterocycles. The van der Waals surface area contributed by atoms with Gasteiger partial charge in [-0.25, -0.2) is 0 Å². The zero-order chi connectivity index (χ0) is 12.0. The van der Waals surface area contributed by atoms with E-state index in [2.05, 4.69) is 37.5 Å². The molecule has 1 heterocycles. The Labute approximate surface area is 101 Å². The highest BCUT2D eigenvalue weighted by Crippen LogP contribution is 2.06. The fourth-order valence-corrected chi connectivity index (χ4v) is 2.11. The highest BCUT2D eigenvalue weighted by atomic mass is 16.5. The molecule has 1 rings (SSSR count). The summed E-state index contributed by atoms with van der Waals surface area (Å²) in [4.78, 5) is 5.11. The highest BCUT2D eigenvalue weighted by Gasteiger charge is 2.17. The van der Waals surface area contributed by atoms with Gasteiger partial charge in [0.25, 0.3) is 0 Å². The maximum atomic E-state index is 5.56. The van der Waals surface area contributed by atoms with E-state index in [1.165, 1.54) is 39.1 Å². The maximum absolute atomic E-state index is 5.56. The van der Waals surface area contributed by atoms with E-state index in [1.54, 1.807) is 0 Å². The predicted molar refractivity (Wildman–Crippen MR) is 68.9 cm³/mol. The summed E-state index contributed by atoms with van der Waals surface area (Å²) in [6.07, 6.45) is 1.54. The van der Waals surface area contributed by atoms with Crippen LogP contribution in [0.15, 0.2) is 0 Å². The molecule has 0 amide bonds. The molecule has 0 radical (unpaired) electrons. The van der Waals surface area contributed by atoms with Crippen LogP contribution in [0.25, 0.3) is 0 Å². The van der Waals surface area contributed by atoms with Crippen LogP contribution in [0.2, 0.25) is 0 Å². The van der Waals surface area contributed by atoms with Crippen LogP contribution in [0.1, 0.15) is 34.1 Å². The van der Waals surface area contributed by atoms with Crippen molar-refractivity contribution < 1.29 is 4.74 Å². The molecular formula is C13H28N2O. The fourth-order valence-electron chi connectivity index (χ4n) is 2.11. The average molecular weight is 228 g/mol. The normalized spacial score (nSPS) is 19.9. The summed E-state index contributed by atoms with van der Waals surface area (Å²) in [6.45, 7) is 15.8. The lowest BCUT2D eigenvalue weighted by atomic mass is 10.2. The van der Waals surface area contributed by atoms with Gasteiger partial charge >= 0.3 is 0 Å². The van der Waals surface area contributed by atoms with Crippen molar-refractivity contribution in [3.05, 3.63) is 0 Å². The molecule has 96 valence electrons. The van der Waals surface area contributed by atoms with Gasteiger partial charge in [0.2, 0.25) is 0 Å². The molecule has 3 nitrogen and oxygen atoms in total. The van der Waals surface area contributed by atoms with E-state index in [0.29, 0.717) is 12.1 Å². The van der Waals surface area contributed by atoms with Gasteiger partial charge in [0, 0.05) is 45.4 Å². The summed E-state index contributed by atoms with van der Waals surface area (Å²) in [7, 11) is 0. The van der Waals surface area contributed by atoms with Crippen LogP contribution in [0.4, 0.5) is 0 Å². The quantitative estimate of drug-likeness (QED) is 0.645. The van der Waals surface area contributed by atoms with E-state index in [9.17, 15) is 0 Å². The van der Waals surface area contributed by atoms with E-state index >= 15 is 0 Å². The molecule has 1 aliphatic rings. The van der Waals surface area contributed by atoms with Gasteiger partial charge in [-0.05, 0) is 34.1 Å². The van der Waals surface area contributed by atoms with Gasteiger partial charge in [-0.3, -0.25) is 4.90 Å². The average Bonchev–Trinajstić information content (AvgIpc) is 2.25. The Bertz CT molecular complexity index is 175. The second-order valence-corrected chi connectivity index (χ2v) is 5.24. The summed E-state index contributed by atoms with van der Waals surface area (Å²) < 4.78 is 5.56. The monoisotopic (exact) mass is 228 g/mol. The van der Waals surface area contributed by atoms with Crippen LogP contribution in [-0.2, 0) is 4.74 Å². The van der Waals surface area contributed by atoms with E-state index in [-0.39, 0.29) is 0 Å². The van der Waals surface area contributed by atoms with Crippen molar-refractivity contribution in [3.63, 3.8) is 0 Å². The van der Waals surface area contributed by atoms with Gasteiger partial charge in [0.05, 0.1) is 6.10 Å². The number of nitrogens with zero attached hydrogens (tertiary/aromatic N) is 2. The Morgan fingerprint density at radius 1 is 1.00 bits per heavy atom. The van der Waals surface area contributed by atoms with E-state index in [1.807, 2.05) is 0 Å². The van der Waals surface area contributed by atoms with Gasteiger partial charge in [0.15, 0.2) is 0 Å². The zero-order valence-corrected chi connectivity index (χ0v) is 11.4. The second kappa shape index (κ2) is 7.25. The standard InChI is InChI=1S/C13H28N2O/c1-12(2)15-9-7-14(8-10-15)6-5-11-16-13(3)4/h12-13H,5-11H2,1-4H3. The molecule has 0 aromatic carbocycles. The Hall–Kier alpha value is -0.120. The number of piperazine rings is 1. The largest absolute Gasteiger partial charge is 0.379 e. The van der Waals surface area contributed by atoms with Crippen molar-refractivity contribution in [1.82, 2.24) is 9.80 Å². The predicted octanol–water partition coefficient (Wildman–Crippen LogP) is 1.83. The van der Waals surface area contributed by atoms with E-state index in [4.69, 9.17) is 4.74 Å². The lowest BCUT2D eigenvalue weighted by Gasteiger charge is -2.36. The molecule has 1 fully saturated rings. The van der Waals surface area contributed by atoms with Crippen LogP contribution in [0.3, 0.4) is 0 Å². The highest BCUT2D eigenvalue weighted by molar-refractivity contribution is 4.73. The smallest absolute Gasteiger partial charge is 0.0518 e. The van der Waals surface area contributed by atoms with Crippen LogP contribution in [0.5, 0.6) is 0 Å². The van der Waals surface area contributed by atoms with Crippen LogP contribution in [-0.4, -0.2) is 61.3 Å². The Morgan fingerprint density at radius 2 is 1.62 bits per heavy atom. The summed E-state index contributed by atoms with van der Waals surface area (Å²) in [5, 5.41) is 0. The summed E-state index contributed by atoms with van der Waals surface area (Å²) >= 11 is 0. The molecular weight excluding hydrogens is 200 g/mol. The first-order valence-electron chi connectivity index (χ1n) is 6.67. The third kappa shape index (κ3) is 5.28. The van der Waals surface area contributed by atoms with Crippen LogP contribution < -0.4 is 0 Å². The molecule has 0 atom stereocenters. The lowest BCUT2D eigenvalue weighted by Crippen LogP contribution is -2.49. The van der Waals surface area contributed by atoms with Gasteiger partial charge in [-0.15, -0.1) is 0 Å². The van der Waals surface area contributed by atoms with Crippen molar-refractivity contribution in [3.8, 4) is 0 Å². The summed E-state index contributed by atoms with van der Waals surface area (Å²) in [5.74, 6) is 0. The molecule has 0 saturated carbocycles. The molecule has 16 heavy (non-hydrogen) atoms. The molecule has 1 saturated heterocycles. The van der Waals surface area contributed by atoms with Crippen molar-refractivity contribution >= 4 is 0 Å². The topological polar surface area (TPSA) is 15.7 Å². The molecule has 0 spiro atoms. The minimum atomic E-state index is 0.373. The number of hydrogen-bond acceptors (Lipinski definition) is 3. The molecule has 3 heteroatoms. The Morgan fingerprint density at radius 3 is 2.12 bits per heavy atom. The fraction of sp³-hybridized carbons (Fsp3) is 1.00. The number of hydrogen-bond donors (Lipinski definition) is 0. The van der Waals surface area contributed by atoms with Crippen molar-refractivity contribution in [2.24, 2.45) is 0 Å². The first-order chi connectivity index (χ1) is 7.59. The Kier molecular flexibility index (Phi) is 6.32. The zero-order valence-electron chi connectivity index (χ0n) is 11.4. The molecule has 0 bridgehead atoms. The van der Waals surface area contributed by atoms with Gasteiger partial charge in [0.1, 0.15) is 0 Å². The number of ether oxygens (including phenoxy) is 1. The third-order valence-electron chi connectivity index (χ3n) is 3.21. The van der Waals surface area contributed by atoms with Gasteiger partial charge < -0.3 is 9.64 Å². The molecule has 0 unspecified atom stereocenters. The van der Waals surface area contributed by atoms with Gasteiger partial charge in [-0.1, -0.05) is 0 Å². The van der Waals surface area contributed by atoms with E-state index in [0.717, 1.165) is 6.61 Å². The molecule has 0 aliphatic carbocycles. The molecule has 0 aromatic rings. The van der Waals surface area contributed by atoms with Crippen LogP contribution in [0, 0.1) is 0 Å². The first-order valence-corrected chi connectivity index (χ1v) is 6.67.